The van der Waals surface area contributed by atoms with Crippen molar-refractivity contribution in [2.24, 2.45) is 0 Å². The summed E-state index contributed by atoms with van der Waals surface area (Å²) in [5.74, 6) is -0.445. The molecule has 1 atom stereocenters. The number of aliphatic hydroxyl groups is 1. The number of ether oxygens (including phenoxy) is 1. The maximum absolute atomic E-state index is 11.5. The van der Waals surface area contributed by atoms with Gasteiger partial charge in [0.05, 0.1) is 7.11 Å². The lowest BCUT2D eigenvalue weighted by atomic mass is 10.1. The van der Waals surface area contributed by atoms with Crippen LogP contribution < -0.4 is 4.90 Å². The molecule has 7 heteroatoms. The van der Waals surface area contributed by atoms with Crippen molar-refractivity contribution in [3.63, 3.8) is 0 Å². The van der Waals surface area contributed by atoms with Gasteiger partial charge in [-0.3, -0.25) is 0 Å². The number of methoxy groups -OCH3 is 1. The number of hydrogen-bond acceptors (Lipinski definition) is 6. The van der Waals surface area contributed by atoms with Gasteiger partial charge in [-0.15, -0.1) is 0 Å². The van der Waals surface area contributed by atoms with Crippen molar-refractivity contribution in [3.05, 3.63) is 10.0 Å². The Morgan fingerprint density at radius 3 is 3.16 bits per heavy atom. The van der Waals surface area contributed by atoms with E-state index in [9.17, 15) is 4.79 Å². The first-order chi connectivity index (χ1) is 9.17. The molecule has 0 radical (unpaired) electrons. The lowest BCUT2D eigenvalue weighted by Crippen LogP contribution is -2.29. The molecular formula is C12H17ClN2O3S. The van der Waals surface area contributed by atoms with Crippen molar-refractivity contribution >= 4 is 34.0 Å². The fourth-order valence-corrected chi connectivity index (χ4v) is 3.64. The molecule has 19 heavy (non-hydrogen) atoms. The third kappa shape index (κ3) is 3.19. The number of hydrogen-bond donors (Lipinski definition) is 1. The molecule has 0 aliphatic carbocycles. The average Bonchev–Trinajstić information content (AvgIpc) is 3.01. The molecule has 1 aliphatic heterocycles. The van der Waals surface area contributed by atoms with Crippen LogP contribution in [0.15, 0.2) is 0 Å². The summed E-state index contributed by atoms with van der Waals surface area (Å²) in [4.78, 5) is 18.3. The van der Waals surface area contributed by atoms with Crippen molar-refractivity contribution in [2.75, 3.05) is 25.2 Å². The van der Waals surface area contributed by atoms with Crippen molar-refractivity contribution in [1.29, 1.82) is 0 Å². The van der Waals surface area contributed by atoms with Crippen molar-refractivity contribution in [3.8, 4) is 0 Å². The van der Waals surface area contributed by atoms with Crippen molar-refractivity contribution < 1.29 is 14.6 Å². The van der Waals surface area contributed by atoms with Gasteiger partial charge in [0.1, 0.15) is 0 Å². The summed E-state index contributed by atoms with van der Waals surface area (Å²) >= 11 is 7.25. The number of carbonyl (C=O) groups is 1. The maximum atomic E-state index is 11.5. The highest BCUT2D eigenvalue weighted by Gasteiger charge is 2.28. The van der Waals surface area contributed by atoms with Crippen LogP contribution in [0.5, 0.6) is 0 Å². The molecule has 0 bridgehead atoms. The maximum Gasteiger partial charge on any atom is 0.351 e. The van der Waals surface area contributed by atoms with E-state index in [1.807, 2.05) is 0 Å². The molecule has 1 aromatic rings. The highest BCUT2D eigenvalue weighted by atomic mass is 35.5. The molecule has 0 saturated carbocycles. The van der Waals surface area contributed by atoms with E-state index in [0.717, 1.165) is 37.4 Å². The van der Waals surface area contributed by atoms with E-state index in [4.69, 9.17) is 16.7 Å². The number of aliphatic hydroxyl groups excluding tert-OH is 1. The van der Waals surface area contributed by atoms with Gasteiger partial charge in [-0.05, 0) is 25.7 Å². The van der Waals surface area contributed by atoms with E-state index in [0.29, 0.717) is 10.9 Å². The Labute approximate surface area is 121 Å². The standard InChI is InChI=1S/C12H17ClN2O3S/c1-18-11(17)9-10(13)14-12(19-9)15-6-2-4-8(15)5-3-7-16/h8,16H,2-7H2,1H3. The van der Waals surface area contributed by atoms with Crippen molar-refractivity contribution in [1.82, 2.24) is 4.98 Å². The van der Waals surface area contributed by atoms with Gasteiger partial charge in [-0.2, -0.15) is 0 Å². The van der Waals surface area contributed by atoms with Crippen LogP contribution in [0, 0.1) is 0 Å². The lowest BCUT2D eigenvalue weighted by Gasteiger charge is -2.23. The van der Waals surface area contributed by atoms with E-state index in [1.165, 1.54) is 18.4 Å². The third-order valence-corrected chi connectivity index (χ3v) is 4.72. The first-order valence-electron chi connectivity index (χ1n) is 6.29. The van der Waals surface area contributed by atoms with Crippen LogP contribution >= 0.6 is 22.9 Å². The molecule has 1 aromatic heterocycles. The summed E-state index contributed by atoms with van der Waals surface area (Å²) in [5.41, 5.74) is 0. The summed E-state index contributed by atoms with van der Waals surface area (Å²) in [6.45, 7) is 1.12. The van der Waals surface area contributed by atoms with Crippen LogP contribution in [-0.4, -0.2) is 42.4 Å². The van der Waals surface area contributed by atoms with Gasteiger partial charge in [0, 0.05) is 19.2 Å². The van der Waals surface area contributed by atoms with Gasteiger partial charge >= 0.3 is 5.97 Å². The minimum atomic E-state index is -0.445. The molecule has 1 unspecified atom stereocenters. The molecular weight excluding hydrogens is 288 g/mol. The van der Waals surface area contributed by atoms with Crippen molar-refractivity contribution in [2.45, 2.75) is 31.7 Å². The monoisotopic (exact) mass is 304 g/mol. The number of rotatable bonds is 5. The quantitative estimate of drug-likeness (QED) is 0.846. The van der Waals surface area contributed by atoms with Gasteiger partial charge in [0.25, 0.3) is 0 Å². The van der Waals surface area contributed by atoms with Gasteiger partial charge in [-0.1, -0.05) is 22.9 Å². The Bertz CT molecular complexity index is 452. The SMILES string of the molecule is COC(=O)c1sc(N2CCCC2CCCO)nc1Cl. The Morgan fingerprint density at radius 2 is 2.47 bits per heavy atom. The van der Waals surface area contributed by atoms with Crippen LogP contribution in [0.25, 0.3) is 0 Å². The third-order valence-electron chi connectivity index (χ3n) is 3.26. The van der Waals surface area contributed by atoms with Crippen LogP contribution in [0.2, 0.25) is 5.15 Å². The second-order valence-corrected chi connectivity index (χ2v) is 5.80. The number of esters is 1. The van der Waals surface area contributed by atoms with Crippen LogP contribution in [-0.2, 0) is 4.74 Å². The summed E-state index contributed by atoms with van der Waals surface area (Å²) in [5, 5.41) is 9.90. The molecule has 0 aromatic carbocycles. The number of anilines is 1. The van der Waals surface area contributed by atoms with Crippen LogP contribution in [0.3, 0.4) is 0 Å². The molecule has 1 aliphatic rings. The molecule has 5 nitrogen and oxygen atoms in total. The van der Waals surface area contributed by atoms with Gasteiger partial charge in [-0.25, -0.2) is 9.78 Å². The predicted octanol–water partition coefficient (Wildman–Crippen LogP) is 2.32. The molecule has 2 heterocycles. The number of thiazole rings is 1. The summed E-state index contributed by atoms with van der Waals surface area (Å²) in [7, 11) is 1.33. The van der Waals surface area contributed by atoms with Gasteiger partial charge in [0.15, 0.2) is 15.2 Å². The molecule has 2 rings (SSSR count). The van der Waals surface area contributed by atoms with E-state index in [1.54, 1.807) is 0 Å². The van der Waals surface area contributed by atoms with E-state index in [2.05, 4.69) is 14.6 Å². The first kappa shape index (κ1) is 14.6. The molecule has 0 spiro atoms. The second kappa shape index (κ2) is 6.54. The molecule has 1 saturated heterocycles. The average molecular weight is 305 g/mol. The zero-order valence-electron chi connectivity index (χ0n) is 10.8. The minimum absolute atomic E-state index is 0.205. The van der Waals surface area contributed by atoms with E-state index >= 15 is 0 Å². The number of nitrogens with zero attached hydrogens (tertiary/aromatic N) is 2. The summed E-state index contributed by atoms with van der Waals surface area (Å²) in [6.07, 6.45) is 3.90. The Morgan fingerprint density at radius 1 is 1.68 bits per heavy atom. The number of aromatic nitrogens is 1. The number of halogens is 1. The Balaban J connectivity index is 2.14. The largest absolute Gasteiger partial charge is 0.465 e. The first-order valence-corrected chi connectivity index (χ1v) is 7.49. The minimum Gasteiger partial charge on any atom is -0.465 e. The highest BCUT2D eigenvalue weighted by molar-refractivity contribution is 7.18. The molecule has 106 valence electrons. The Hall–Kier alpha value is -0.850. The topological polar surface area (TPSA) is 62.7 Å². The zero-order valence-corrected chi connectivity index (χ0v) is 12.3. The van der Waals surface area contributed by atoms with Crippen LogP contribution in [0.4, 0.5) is 5.13 Å². The highest BCUT2D eigenvalue weighted by Crippen LogP contribution is 2.35. The van der Waals surface area contributed by atoms with Crippen LogP contribution in [0.1, 0.15) is 35.4 Å². The van der Waals surface area contributed by atoms with Gasteiger partial charge < -0.3 is 14.7 Å². The zero-order chi connectivity index (χ0) is 13.8. The Kier molecular flexibility index (Phi) is 5.01. The molecule has 1 N–H and O–H groups in total. The fourth-order valence-electron chi connectivity index (χ4n) is 2.35. The lowest BCUT2D eigenvalue weighted by molar-refractivity contribution is 0.0606. The summed E-state index contributed by atoms with van der Waals surface area (Å²) in [6, 6.07) is 0.375. The number of carbonyl (C=O) groups excluding carboxylic acids is 1. The smallest absolute Gasteiger partial charge is 0.351 e. The van der Waals surface area contributed by atoms with E-state index < -0.39 is 5.97 Å². The fraction of sp³-hybridized carbons (Fsp3) is 0.667. The second-order valence-electron chi connectivity index (χ2n) is 4.46. The molecule has 0 amide bonds. The van der Waals surface area contributed by atoms with E-state index in [-0.39, 0.29) is 11.8 Å². The summed E-state index contributed by atoms with van der Waals surface area (Å²) < 4.78 is 4.68. The normalized spacial score (nSPS) is 18.9. The molecule has 1 fully saturated rings. The predicted molar refractivity (Wildman–Crippen MR) is 75.2 cm³/mol. The van der Waals surface area contributed by atoms with Gasteiger partial charge in [0.2, 0.25) is 0 Å².